The number of hydrogen-bond donors (Lipinski definition) is 2. The second-order valence-corrected chi connectivity index (χ2v) is 6.78. The highest BCUT2D eigenvalue weighted by Gasteiger charge is 2.23. The maximum Gasteiger partial charge on any atom is 0.235 e. The molecule has 1 aliphatic heterocycles. The van der Waals surface area contributed by atoms with Gasteiger partial charge in [0.25, 0.3) is 0 Å². The largest absolute Gasteiger partial charge is 0.384 e. The summed E-state index contributed by atoms with van der Waals surface area (Å²) in [6, 6.07) is 5.19. The summed E-state index contributed by atoms with van der Waals surface area (Å²) in [6.07, 6.45) is 1.49. The van der Waals surface area contributed by atoms with Crippen LogP contribution in [0.4, 0.5) is 5.69 Å². The summed E-state index contributed by atoms with van der Waals surface area (Å²) in [5, 5.41) is 8.66. The third kappa shape index (κ3) is 4.74. The molecule has 1 aromatic carbocycles. The van der Waals surface area contributed by atoms with Crippen molar-refractivity contribution in [2.45, 2.75) is 25.9 Å². The molecule has 0 aliphatic carbocycles. The van der Waals surface area contributed by atoms with E-state index in [1.165, 1.54) is 0 Å². The fourth-order valence-electron chi connectivity index (χ4n) is 2.23. The van der Waals surface area contributed by atoms with Crippen LogP contribution >= 0.6 is 0 Å². The van der Waals surface area contributed by atoms with Gasteiger partial charge in [0.15, 0.2) is 0 Å². The monoisotopic (exact) mass is 309 g/mol. The normalized spacial score (nSPS) is 18.1. The Morgan fingerprint density at radius 1 is 1.48 bits per heavy atom. The second-order valence-electron chi connectivity index (χ2n) is 5.01. The van der Waals surface area contributed by atoms with Crippen molar-refractivity contribution in [1.29, 1.82) is 0 Å². The first-order valence-corrected chi connectivity index (χ1v) is 8.48. The number of ether oxygens (including phenoxy) is 1. The summed E-state index contributed by atoms with van der Waals surface area (Å²) in [7, 11) is -3.42. The highest BCUT2D eigenvalue weighted by molar-refractivity contribution is 7.92. The van der Waals surface area contributed by atoms with E-state index in [9.17, 15) is 8.42 Å². The molecule has 1 saturated heterocycles. The van der Waals surface area contributed by atoms with Crippen LogP contribution in [0.25, 0.3) is 0 Å². The minimum absolute atomic E-state index is 0.0154. The number of aryl methyl sites for hydroxylation is 1. The van der Waals surface area contributed by atoms with Crippen LogP contribution in [0.3, 0.4) is 0 Å². The predicted molar refractivity (Wildman–Crippen MR) is 81.5 cm³/mol. The van der Waals surface area contributed by atoms with Gasteiger partial charge in [-0.25, -0.2) is 8.42 Å². The van der Waals surface area contributed by atoms with Crippen molar-refractivity contribution in [3.8, 4) is 11.8 Å². The zero-order valence-electron chi connectivity index (χ0n) is 11.9. The maximum atomic E-state index is 12.1. The van der Waals surface area contributed by atoms with Crippen LogP contribution in [-0.4, -0.2) is 38.6 Å². The van der Waals surface area contributed by atoms with Crippen LogP contribution in [0.15, 0.2) is 18.2 Å². The van der Waals surface area contributed by atoms with Crippen LogP contribution in [-0.2, 0) is 14.8 Å². The summed E-state index contributed by atoms with van der Waals surface area (Å²) >= 11 is 0. The molecule has 0 saturated carbocycles. The summed E-state index contributed by atoms with van der Waals surface area (Å²) in [5.41, 5.74) is 2.07. The number of benzene rings is 1. The number of hydrogen-bond acceptors (Lipinski definition) is 4. The fraction of sp³-hybridized carbons (Fsp3) is 0.467. The summed E-state index contributed by atoms with van der Waals surface area (Å²) in [6.45, 7) is 2.25. The molecule has 21 heavy (non-hydrogen) atoms. The van der Waals surface area contributed by atoms with Crippen LogP contribution in [0.1, 0.15) is 24.0 Å². The Morgan fingerprint density at radius 3 is 2.90 bits per heavy atom. The molecule has 1 fully saturated rings. The van der Waals surface area contributed by atoms with E-state index in [0.29, 0.717) is 12.3 Å². The molecule has 1 unspecified atom stereocenters. The summed E-state index contributed by atoms with van der Waals surface area (Å²) in [4.78, 5) is 0. The minimum atomic E-state index is -3.42. The molecular formula is C15H19NO4S. The van der Waals surface area contributed by atoms with E-state index in [1.54, 1.807) is 18.2 Å². The van der Waals surface area contributed by atoms with E-state index in [2.05, 4.69) is 16.6 Å². The molecule has 2 N–H and O–H groups in total. The number of anilines is 1. The zero-order chi connectivity index (χ0) is 15.3. The molecule has 0 aromatic heterocycles. The van der Waals surface area contributed by atoms with Gasteiger partial charge in [0.2, 0.25) is 10.0 Å². The lowest BCUT2D eigenvalue weighted by Crippen LogP contribution is -2.26. The first kappa shape index (κ1) is 15.8. The lowest BCUT2D eigenvalue weighted by atomic mass is 10.1. The average Bonchev–Trinajstić information content (AvgIpc) is 2.91. The molecule has 1 atom stereocenters. The second kappa shape index (κ2) is 6.94. The van der Waals surface area contributed by atoms with Gasteiger partial charge in [0.1, 0.15) is 6.61 Å². The predicted octanol–water partition coefficient (Wildman–Crippen LogP) is 1.26. The molecule has 0 spiro atoms. The van der Waals surface area contributed by atoms with E-state index in [0.717, 1.165) is 24.0 Å². The topological polar surface area (TPSA) is 75.6 Å². The Hall–Kier alpha value is -1.55. The first-order chi connectivity index (χ1) is 10.00. The van der Waals surface area contributed by atoms with Crippen molar-refractivity contribution < 1.29 is 18.3 Å². The Kier molecular flexibility index (Phi) is 5.23. The third-order valence-electron chi connectivity index (χ3n) is 3.23. The van der Waals surface area contributed by atoms with Crippen molar-refractivity contribution in [1.82, 2.24) is 0 Å². The van der Waals surface area contributed by atoms with Crippen molar-refractivity contribution in [3.05, 3.63) is 29.3 Å². The van der Waals surface area contributed by atoms with Crippen molar-refractivity contribution >= 4 is 15.7 Å². The van der Waals surface area contributed by atoms with Crippen LogP contribution in [0, 0.1) is 18.8 Å². The quantitative estimate of drug-likeness (QED) is 0.821. The Bertz CT molecular complexity index is 652. The zero-order valence-corrected chi connectivity index (χ0v) is 12.7. The number of aliphatic hydroxyl groups excluding tert-OH is 1. The van der Waals surface area contributed by atoms with E-state index >= 15 is 0 Å². The molecule has 1 heterocycles. The van der Waals surface area contributed by atoms with Gasteiger partial charge in [-0.2, -0.15) is 0 Å². The molecule has 0 radical (unpaired) electrons. The number of aliphatic hydroxyl groups is 1. The highest BCUT2D eigenvalue weighted by atomic mass is 32.2. The van der Waals surface area contributed by atoms with Gasteiger partial charge in [-0.15, -0.1) is 0 Å². The summed E-state index contributed by atoms with van der Waals surface area (Å²) in [5.74, 6) is 5.33. The number of sulfonamides is 1. The SMILES string of the molecule is Cc1cc(C#CCO)ccc1NS(=O)(=O)CC1CCCO1. The molecule has 6 heteroatoms. The van der Waals surface area contributed by atoms with E-state index in [1.807, 2.05) is 6.92 Å². The standard InChI is InChI=1S/C15H19NO4S/c1-12-10-13(4-2-8-17)6-7-15(12)16-21(18,19)11-14-5-3-9-20-14/h6-7,10,14,16-17H,3,5,8-9,11H2,1H3. The van der Waals surface area contributed by atoms with Crippen molar-refractivity contribution in [2.75, 3.05) is 23.7 Å². The van der Waals surface area contributed by atoms with E-state index in [-0.39, 0.29) is 18.5 Å². The van der Waals surface area contributed by atoms with Crippen LogP contribution < -0.4 is 4.72 Å². The Balaban J connectivity index is 2.07. The van der Waals surface area contributed by atoms with Gasteiger partial charge < -0.3 is 9.84 Å². The molecule has 114 valence electrons. The Morgan fingerprint density at radius 2 is 2.29 bits per heavy atom. The lowest BCUT2D eigenvalue weighted by Gasteiger charge is -2.13. The van der Waals surface area contributed by atoms with E-state index in [4.69, 9.17) is 9.84 Å². The van der Waals surface area contributed by atoms with Gasteiger partial charge in [0.05, 0.1) is 17.5 Å². The molecule has 1 aromatic rings. The average molecular weight is 309 g/mol. The van der Waals surface area contributed by atoms with Crippen LogP contribution in [0.5, 0.6) is 0 Å². The van der Waals surface area contributed by atoms with E-state index < -0.39 is 10.0 Å². The Labute approximate surface area is 125 Å². The molecule has 0 bridgehead atoms. The lowest BCUT2D eigenvalue weighted by molar-refractivity contribution is 0.127. The van der Waals surface area contributed by atoms with Gasteiger partial charge in [0, 0.05) is 12.2 Å². The van der Waals surface area contributed by atoms with Gasteiger partial charge >= 0.3 is 0 Å². The first-order valence-electron chi connectivity index (χ1n) is 6.82. The molecule has 2 rings (SSSR count). The van der Waals surface area contributed by atoms with Crippen molar-refractivity contribution in [2.24, 2.45) is 0 Å². The minimum Gasteiger partial charge on any atom is -0.384 e. The molecule has 0 amide bonds. The van der Waals surface area contributed by atoms with Gasteiger partial charge in [-0.05, 0) is 43.5 Å². The highest BCUT2D eigenvalue weighted by Crippen LogP contribution is 2.20. The maximum absolute atomic E-state index is 12.1. The molecule has 1 aliphatic rings. The number of nitrogens with one attached hydrogen (secondary N) is 1. The van der Waals surface area contributed by atoms with Crippen molar-refractivity contribution in [3.63, 3.8) is 0 Å². The van der Waals surface area contributed by atoms with Crippen LogP contribution in [0.2, 0.25) is 0 Å². The fourth-order valence-corrected chi connectivity index (χ4v) is 3.63. The van der Waals surface area contributed by atoms with Gasteiger partial charge in [-0.1, -0.05) is 11.8 Å². The number of rotatable bonds is 4. The van der Waals surface area contributed by atoms with Gasteiger partial charge in [-0.3, -0.25) is 4.72 Å². The third-order valence-corrected chi connectivity index (χ3v) is 4.57. The smallest absolute Gasteiger partial charge is 0.235 e. The summed E-state index contributed by atoms with van der Waals surface area (Å²) < 4.78 is 32.2. The molecular weight excluding hydrogens is 290 g/mol. The molecule has 5 nitrogen and oxygen atoms in total.